The normalized spacial score (nSPS) is 26.0. The molecule has 0 aromatic carbocycles. The average Bonchev–Trinajstić information content (AvgIpc) is 3.05. The van der Waals surface area contributed by atoms with Crippen LogP contribution in [0.3, 0.4) is 0 Å². The second kappa shape index (κ2) is 15.9. The summed E-state index contributed by atoms with van der Waals surface area (Å²) in [4.78, 5) is 51.8. The van der Waals surface area contributed by atoms with Crippen LogP contribution in [0.15, 0.2) is 23.9 Å². The van der Waals surface area contributed by atoms with Gasteiger partial charge in [-0.25, -0.2) is 4.79 Å². The lowest BCUT2D eigenvalue weighted by Gasteiger charge is -2.34. The molecule has 4 heterocycles. The molecule has 228 valence electrons. The molecule has 4 N–H and O–H groups in total. The number of carbonyl (C=O) groups excluding carboxylic acids is 4. The average molecular weight is 577 g/mol. The number of dihydropyridines is 1. The third kappa shape index (κ3) is 9.54. The highest BCUT2D eigenvalue weighted by molar-refractivity contribution is 5.91. The third-order valence-corrected chi connectivity index (χ3v) is 7.99. The van der Waals surface area contributed by atoms with E-state index in [9.17, 15) is 19.2 Å². The first-order valence-electron chi connectivity index (χ1n) is 14.8. The van der Waals surface area contributed by atoms with Gasteiger partial charge in [-0.1, -0.05) is 6.08 Å². The van der Waals surface area contributed by atoms with Crippen molar-refractivity contribution in [2.24, 2.45) is 23.2 Å². The van der Waals surface area contributed by atoms with E-state index in [1.807, 2.05) is 0 Å². The van der Waals surface area contributed by atoms with E-state index in [-0.39, 0.29) is 62.1 Å². The van der Waals surface area contributed by atoms with Gasteiger partial charge in [0, 0.05) is 32.4 Å². The van der Waals surface area contributed by atoms with Crippen LogP contribution < -0.4 is 21.3 Å². The van der Waals surface area contributed by atoms with Crippen LogP contribution >= 0.6 is 0 Å². The first kappa shape index (κ1) is 31.0. The SMILES string of the molecule is O=C(OCC(COC(=O)C1CCCNC1)(COC(=O)C1CCCNC1)COC(=O)C1CCCNC1)C1=CNCC=C1. The third-order valence-electron chi connectivity index (χ3n) is 7.99. The molecule has 0 saturated carbocycles. The van der Waals surface area contributed by atoms with E-state index < -0.39 is 11.4 Å². The first-order chi connectivity index (χ1) is 20.0. The van der Waals surface area contributed by atoms with E-state index >= 15 is 0 Å². The fourth-order valence-electron chi connectivity index (χ4n) is 5.34. The Balaban J connectivity index is 1.49. The Kier molecular flexibility index (Phi) is 12.0. The molecule has 12 heteroatoms. The number of piperidine rings is 3. The fraction of sp³-hybridized carbons (Fsp3) is 0.724. The molecule has 3 fully saturated rings. The molecule has 0 radical (unpaired) electrons. The Bertz CT molecular complexity index is 882. The summed E-state index contributed by atoms with van der Waals surface area (Å²) in [5.41, 5.74) is -0.957. The molecule has 0 aromatic heterocycles. The highest BCUT2D eigenvalue weighted by atomic mass is 16.6. The maximum absolute atomic E-state index is 13.0. The van der Waals surface area contributed by atoms with Gasteiger partial charge in [0.2, 0.25) is 0 Å². The van der Waals surface area contributed by atoms with Crippen molar-refractivity contribution >= 4 is 23.9 Å². The fourth-order valence-corrected chi connectivity index (χ4v) is 5.34. The summed E-state index contributed by atoms with van der Waals surface area (Å²) in [6.07, 6.45) is 9.70. The van der Waals surface area contributed by atoms with Gasteiger partial charge >= 0.3 is 23.9 Å². The number of esters is 4. The molecule has 0 amide bonds. The zero-order valence-electron chi connectivity index (χ0n) is 23.8. The highest BCUT2D eigenvalue weighted by Crippen LogP contribution is 2.26. The molecule has 3 atom stereocenters. The Labute approximate surface area is 241 Å². The zero-order chi connectivity index (χ0) is 28.9. The van der Waals surface area contributed by atoms with E-state index in [4.69, 9.17) is 18.9 Å². The number of carbonyl (C=O) groups is 4. The van der Waals surface area contributed by atoms with Gasteiger partial charge in [-0.15, -0.1) is 0 Å². The molecule has 4 rings (SSSR count). The van der Waals surface area contributed by atoms with Crippen molar-refractivity contribution in [3.8, 4) is 0 Å². The summed E-state index contributed by atoms with van der Waals surface area (Å²) < 4.78 is 23.0. The lowest BCUT2D eigenvalue weighted by atomic mass is 9.91. The summed E-state index contributed by atoms with van der Waals surface area (Å²) in [5.74, 6) is -2.67. The van der Waals surface area contributed by atoms with Gasteiger partial charge in [0.1, 0.15) is 31.8 Å². The molecule has 3 unspecified atom stereocenters. The second-order valence-corrected chi connectivity index (χ2v) is 11.4. The van der Waals surface area contributed by atoms with Crippen molar-refractivity contribution in [3.63, 3.8) is 0 Å². The molecule has 0 aliphatic carbocycles. The van der Waals surface area contributed by atoms with E-state index in [1.165, 1.54) is 0 Å². The Morgan fingerprint density at radius 1 is 0.683 bits per heavy atom. The number of nitrogens with one attached hydrogen (secondary N) is 4. The summed E-state index contributed by atoms with van der Waals surface area (Å²) >= 11 is 0. The number of hydrogen-bond acceptors (Lipinski definition) is 12. The number of rotatable bonds is 12. The van der Waals surface area contributed by atoms with Crippen LogP contribution in [0.2, 0.25) is 0 Å². The summed E-state index contributed by atoms with van der Waals surface area (Å²) in [7, 11) is 0. The van der Waals surface area contributed by atoms with Crippen LogP contribution in [0.5, 0.6) is 0 Å². The molecule has 0 spiro atoms. The minimum absolute atomic E-state index is 0.241. The second-order valence-electron chi connectivity index (χ2n) is 11.4. The van der Waals surface area contributed by atoms with Gasteiger partial charge in [0.05, 0.1) is 23.3 Å². The Morgan fingerprint density at radius 2 is 1.12 bits per heavy atom. The van der Waals surface area contributed by atoms with E-state index in [0.29, 0.717) is 51.0 Å². The van der Waals surface area contributed by atoms with Crippen molar-refractivity contribution in [2.75, 3.05) is 72.2 Å². The van der Waals surface area contributed by atoms with Gasteiger partial charge < -0.3 is 40.2 Å². The molecule has 3 saturated heterocycles. The lowest BCUT2D eigenvalue weighted by molar-refractivity contribution is -0.174. The van der Waals surface area contributed by atoms with Gasteiger partial charge in [-0.05, 0) is 64.2 Å². The molecule has 0 aromatic rings. The van der Waals surface area contributed by atoms with Crippen molar-refractivity contribution in [1.82, 2.24) is 21.3 Å². The predicted molar refractivity (Wildman–Crippen MR) is 148 cm³/mol. The van der Waals surface area contributed by atoms with Crippen molar-refractivity contribution in [1.29, 1.82) is 0 Å². The van der Waals surface area contributed by atoms with E-state index in [0.717, 1.165) is 38.9 Å². The standard InChI is InChI=1S/C29H44N4O8/c34-25(21-5-1-9-30-13-21)38-17-29(18-39-26(35)22-6-2-10-31-14-22,19-40-27(36)23-7-3-11-32-15-23)20-41-28(37)24-8-4-12-33-16-24/h1,5,13,22-24,30-33H,2-4,6-12,14-20H2. The highest BCUT2D eigenvalue weighted by Gasteiger charge is 2.40. The van der Waals surface area contributed by atoms with Crippen LogP contribution in [-0.2, 0) is 38.1 Å². The predicted octanol–water partition coefficient (Wildman–Crippen LogP) is 0.188. The van der Waals surface area contributed by atoms with Crippen LogP contribution in [0.25, 0.3) is 0 Å². The molecule has 0 bridgehead atoms. The van der Waals surface area contributed by atoms with Crippen molar-refractivity contribution in [3.05, 3.63) is 23.9 Å². The quantitative estimate of drug-likeness (QED) is 0.185. The summed E-state index contributed by atoms with van der Waals surface area (Å²) in [6.45, 7) is 3.69. The van der Waals surface area contributed by atoms with Gasteiger partial charge in [0.25, 0.3) is 0 Å². The van der Waals surface area contributed by atoms with Crippen LogP contribution in [-0.4, -0.2) is 96.1 Å². The molecule has 12 nitrogen and oxygen atoms in total. The van der Waals surface area contributed by atoms with Crippen molar-refractivity contribution < 1.29 is 38.1 Å². The van der Waals surface area contributed by atoms with Gasteiger partial charge in [-0.3, -0.25) is 14.4 Å². The number of ether oxygens (including phenoxy) is 4. The van der Waals surface area contributed by atoms with Crippen LogP contribution in [0.4, 0.5) is 0 Å². The smallest absolute Gasteiger partial charge is 0.339 e. The lowest BCUT2D eigenvalue weighted by Crippen LogP contribution is -2.47. The minimum atomic E-state index is -1.28. The molecular formula is C29H44N4O8. The van der Waals surface area contributed by atoms with E-state index in [1.54, 1.807) is 18.4 Å². The Hall–Kier alpha value is -2.96. The molecular weight excluding hydrogens is 532 g/mol. The number of hydrogen-bond donors (Lipinski definition) is 4. The maximum Gasteiger partial charge on any atom is 0.339 e. The zero-order valence-corrected chi connectivity index (χ0v) is 23.8. The minimum Gasteiger partial charge on any atom is -0.464 e. The topological polar surface area (TPSA) is 153 Å². The van der Waals surface area contributed by atoms with Crippen LogP contribution in [0, 0.1) is 23.2 Å². The van der Waals surface area contributed by atoms with Gasteiger partial charge in [-0.2, -0.15) is 0 Å². The van der Waals surface area contributed by atoms with Crippen molar-refractivity contribution in [2.45, 2.75) is 38.5 Å². The summed E-state index contributed by atoms with van der Waals surface area (Å²) in [6, 6.07) is 0. The first-order valence-corrected chi connectivity index (χ1v) is 14.8. The monoisotopic (exact) mass is 576 g/mol. The van der Waals surface area contributed by atoms with Crippen LogP contribution in [0.1, 0.15) is 38.5 Å². The van der Waals surface area contributed by atoms with E-state index in [2.05, 4.69) is 21.3 Å². The maximum atomic E-state index is 13.0. The largest absolute Gasteiger partial charge is 0.464 e. The molecule has 41 heavy (non-hydrogen) atoms. The van der Waals surface area contributed by atoms with Gasteiger partial charge in [0.15, 0.2) is 0 Å². The Morgan fingerprint density at radius 3 is 1.49 bits per heavy atom. The molecule has 4 aliphatic rings. The summed E-state index contributed by atoms with van der Waals surface area (Å²) in [5, 5.41) is 12.6. The molecule has 4 aliphatic heterocycles.